The molecule has 44 heavy (non-hydrogen) atoms. The number of carbonyl (C=O) groups excluding carboxylic acids is 2. The number of nitrogens with one attached hydrogen (secondary N) is 4. The van der Waals surface area contributed by atoms with E-state index in [0.29, 0.717) is 42.7 Å². The van der Waals surface area contributed by atoms with Crippen LogP contribution in [0.4, 0.5) is 39.3 Å². The molecule has 2 aliphatic rings. The summed E-state index contributed by atoms with van der Waals surface area (Å²) < 4.78 is 5.34. The number of hydrogen-bond donors (Lipinski definition) is 4. The van der Waals surface area contributed by atoms with Gasteiger partial charge in [-0.2, -0.15) is 4.98 Å². The van der Waals surface area contributed by atoms with Gasteiger partial charge in [0, 0.05) is 48.8 Å². The summed E-state index contributed by atoms with van der Waals surface area (Å²) in [5.41, 5.74) is 6.15. The molecule has 4 aromatic rings. The summed E-state index contributed by atoms with van der Waals surface area (Å²) in [4.78, 5) is 41.3. The Morgan fingerprint density at radius 2 is 1.80 bits per heavy atom. The Bertz CT molecular complexity index is 1670. The number of carbonyl (C=O) groups is 2. The number of hydrogen-bond acceptors (Lipinski definition) is 8. The van der Waals surface area contributed by atoms with Crippen molar-refractivity contribution in [1.29, 1.82) is 0 Å². The number of anilines is 6. The highest BCUT2D eigenvalue weighted by atomic mass is 16.5. The lowest BCUT2D eigenvalue weighted by atomic mass is 9.93. The van der Waals surface area contributed by atoms with Crippen LogP contribution in [-0.2, 0) is 17.6 Å². The van der Waals surface area contributed by atoms with Crippen LogP contribution >= 0.6 is 0 Å². The molecular formula is C33H36N8O3. The Kier molecular flexibility index (Phi) is 8.53. The van der Waals surface area contributed by atoms with Crippen LogP contribution in [0.3, 0.4) is 0 Å². The van der Waals surface area contributed by atoms with E-state index in [4.69, 9.17) is 4.74 Å². The van der Waals surface area contributed by atoms with Crippen LogP contribution in [0.15, 0.2) is 67.1 Å². The van der Waals surface area contributed by atoms with Crippen molar-refractivity contribution in [2.75, 3.05) is 41.5 Å². The van der Waals surface area contributed by atoms with Crippen LogP contribution < -0.4 is 26.0 Å². The summed E-state index contributed by atoms with van der Waals surface area (Å²) in [6.07, 6.45) is 8.79. The predicted octanol–water partition coefficient (Wildman–Crippen LogP) is 6.05. The maximum atomic E-state index is 13.2. The van der Waals surface area contributed by atoms with E-state index in [2.05, 4.69) is 42.3 Å². The molecule has 0 saturated carbocycles. The Labute approximate surface area is 256 Å². The van der Waals surface area contributed by atoms with Gasteiger partial charge in [-0.3, -0.25) is 9.78 Å². The Hall–Kier alpha value is -5.19. The van der Waals surface area contributed by atoms with E-state index in [-0.39, 0.29) is 17.9 Å². The topological polar surface area (TPSA) is 133 Å². The number of rotatable bonds is 5. The maximum absolute atomic E-state index is 13.2. The average molecular weight is 593 g/mol. The highest BCUT2D eigenvalue weighted by molar-refractivity contribution is 5.92. The van der Waals surface area contributed by atoms with Crippen molar-refractivity contribution >= 4 is 46.5 Å². The first-order chi connectivity index (χ1) is 21.4. The highest BCUT2D eigenvalue weighted by Crippen LogP contribution is 2.29. The molecule has 11 nitrogen and oxygen atoms in total. The lowest BCUT2D eigenvalue weighted by Crippen LogP contribution is -2.41. The lowest BCUT2D eigenvalue weighted by Gasteiger charge is -2.32. The largest absolute Gasteiger partial charge is 0.495 e. The summed E-state index contributed by atoms with van der Waals surface area (Å²) in [6.45, 7) is 3.15. The second-order valence-electron chi connectivity index (χ2n) is 11.2. The van der Waals surface area contributed by atoms with E-state index < -0.39 is 0 Å². The molecule has 3 amide bonds. The van der Waals surface area contributed by atoms with Gasteiger partial charge in [0.05, 0.1) is 24.7 Å². The minimum Gasteiger partial charge on any atom is -0.495 e. The third-order valence-corrected chi connectivity index (χ3v) is 8.07. The van der Waals surface area contributed by atoms with Crippen molar-refractivity contribution in [2.45, 2.75) is 39.0 Å². The van der Waals surface area contributed by atoms with Crippen LogP contribution in [0, 0.1) is 12.8 Å². The highest BCUT2D eigenvalue weighted by Gasteiger charge is 2.25. The van der Waals surface area contributed by atoms with Gasteiger partial charge >= 0.3 is 6.03 Å². The molecule has 4 heterocycles. The smallest absolute Gasteiger partial charge is 0.321 e. The number of amides is 3. The minimum absolute atomic E-state index is 0.0223. The number of likely N-dealkylation sites (tertiary alicyclic amines) is 1. The van der Waals surface area contributed by atoms with E-state index in [0.717, 1.165) is 59.4 Å². The molecule has 6 bridgehead atoms. The predicted molar refractivity (Wildman–Crippen MR) is 171 cm³/mol. The SMILES string of the molecule is COc1ccccc1NC(=O)N1CCC(CC(=O)Nc2ccc3cc2CCc2cncc(c2)Nc2ncc(C)c(n2)N3)CC1. The molecule has 4 N–H and O–H groups in total. The van der Waals surface area contributed by atoms with E-state index in [1.54, 1.807) is 24.4 Å². The van der Waals surface area contributed by atoms with Gasteiger partial charge < -0.3 is 30.9 Å². The molecule has 2 aromatic carbocycles. The second kappa shape index (κ2) is 13.0. The molecular weight excluding hydrogens is 556 g/mol. The quantitative estimate of drug-likeness (QED) is 0.220. The molecule has 1 fully saturated rings. The monoisotopic (exact) mass is 592 g/mol. The zero-order valence-electron chi connectivity index (χ0n) is 24.9. The van der Waals surface area contributed by atoms with Crippen LogP contribution in [0.25, 0.3) is 0 Å². The van der Waals surface area contributed by atoms with Gasteiger partial charge in [0.15, 0.2) is 0 Å². The van der Waals surface area contributed by atoms with E-state index in [1.807, 2.05) is 55.6 Å². The molecule has 2 aliphatic heterocycles. The normalized spacial score (nSPS) is 14.5. The Morgan fingerprint density at radius 1 is 0.955 bits per heavy atom. The first kappa shape index (κ1) is 28.9. The minimum atomic E-state index is -0.156. The number of ether oxygens (including phenoxy) is 1. The zero-order chi connectivity index (χ0) is 30.5. The van der Waals surface area contributed by atoms with Crippen LogP contribution in [-0.4, -0.2) is 52.0 Å². The van der Waals surface area contributed by atoms with E-state index in [1.165, 1.54) is 0 Å². The first-order valence-electron chi connectivity index (χ1n) is 14.9. The fourth-order valence-corrected chi connectivity index (χ4v) is 5.61. The Morgan fingerprint density at radius 3 is 2.64 bits per heavy atom. The maximum Gasteiger partial charge on any atom is 0.321 e. The Balaban J connectivity index is 1.10. The molecule has 11 heteroatoms. The molecule has 0 atom stereocenters. The van der Waals surface area contributed by atoms with Crippen molar-refractivity contribution < 1.29 is 14.3 Å². The number of benzene rings is 2. The number of aryl methyl sites for hydroxylation is 3. The molecule has 1 saturated heterocycles. The molecule has 0 radical (unpaired) electrons. The number of urea groups is 1. The lowest BCUT2D eigenvalue weighted by molar-refractivity contribution is -0.117. The van der Waals surface area contributed by atoms with E-state index in [9.17, 15) is 9.59 Å². The summed E-state index contributed by atoms with van der Waals surface area (Å²) in [7, 11) is 1.58. The van der Waals surface area contributed by atoms with Gasteiger partial charge in [-0.1, -0.05) is 12.1 Å². The van der Waals surface area contributed by atoms with E-state index >= 15 is 0 Å². The van der Waals surface area contributed by atoms with Gasteiger partial charge in [-0.15, -0.1) is 0 Å². The fourth-order valence-electron chi connectivity index (χ4n) is 5.61. The summed E-state index contributed by atoms with van der Waals surface area (Å²) in [5, 5.41) is 12.8. The summed E-state index contributed by atoms with van der Waals surface area (Å²) >= 11 is 0. The fraction of sp³-hybridized carbons (Fsp3) is 0.303. The molecule has 0 aliphatic carbocycles. The number of fused-ring (bicyclic) bond motifs is 6. The average Bonchev–Trinajstić information content (AvgIpc) is 3.03. The van der Waals surface area contributed by atoms with Crippen LogP contribution in [0.1, 0.15) is 36.0 Å². The van der Waals surface area contributed by atoms with Crippen molar-refractivity contribution in [3.05, 3.63) is 83.8 Å². The zero-order valence-corrected chi connectivity index (χ0v) is 24.9. The molecule has 0 spiro atoms. The third-order valence-electron chi connectivity index (χ3n) is 8.07. The number of methoxy groups -OCH3 is 1. The first-order valence-corrected chi connectivity index (χ1v) is 14.9. The molecule has 2 aromatic heterocycles. The molecule has 226 valence electrons. The van der Waals surface area contributed by atoms with Gasteiger partial charge in [0.25, 0.3) is 0 Å². The van der Waals surface area contributed by atoms with Crippen LogP contribution in [0.2, 0.25) is 0 Å². The molecule has 0 unspecified atom stereocenters. The van der Waals surface area contributed by atoms with Crippen molar-refractivity contribution in [3.63, 3.8) is 0 Å². The van der Waals surface area contributed by atoms with Crippen molar-refractivity contribution in [1.82, 2.24) is 19.9 Å². The van der Waals surface area contributed by atoms with Gasteiger partial charge in [-0.05, 0) is 86.1 Å². The third kappa shape index (κ3) is 6.88. The van der Waals surface area contributed by atoms with Crippen molar-refractivity contribution in [2.24, 2.45) is 5.92 Å². The summed E-state index contributed by atoms with van der Waals surface area (Å²) in [6, 6.07) is 15.2. The van der Waals surface area contributed by atoms with Crippen molar-refractivity contribution in [3.8, 4) is 5.75 Å². The molecule has 6 rings (SSSR count). The number of nitrogens with zero attached hydrogens (tertiary/aromatic N) is 4. The number of aromatic nitrogens is 3. The number of para-hydroxylation sites is 2. The van der Waals surface area contributed by atoms with Crippen LogP contribution in [0.5, 0.6) is 5.75 Å². The second-order valence-corrected chi connectivity index (χ2v) is 11.2. The van der Waals surface area contributed by atoms with Gasteiger partial charge in [-0.25, -0.2) is 9.78 Å². The summed E-state index contributed by atoms with van der Waals surface area (Å²) in [5.74, 6) is 1.99. The standard InChI is InChI=1S/C33H36N8O3/c1-21-18-35-32-37-26-15-23(19-34-20-26)7-8-24-17-25(36-31(21)40-32)9-10-27(24)38-30(42)16-22-11-13-41(14-12-22)33(43)39-28-5-3-4-6-29(28)44-2/h3-6,9-10,15,17-20,22H,7-8,11-14,16H2,1-2H3,(H,38,42)(H,39,43)(H2,35,36,37,40). The van der Waals surface area contributed by atoms with Gasteiger partial charge in [0.2, 0.25) is 11.9 Å². The number of pyridine rings is 1. The van der Waals surface area contributed by atoms with Gasteiger partial charge in [0.1, 0.15) is 11.6 Å². The number of piperidine rings is 1.